The van der Waals surface area contributed by atoms with Gasteiger partial charge in [0, 0.05) is 4.88 Å². The molecule has 0 aliphatic heterocycles. The molecule has 0 unspecified atom stereocenters. The molecule has 5 nitrogen and oxygen atoms in total. The van der Waals surface area contributed by atoms with E-state index in [1.807, 2.05) is 13.8 Å². The van der Waals surface area contributed by atoms with E-state index >= 15 is 0 Å². The van der Waals surface area contributed by atoms with Crippen LogP contribution in [0, 0.1) is 6.92 Å². The van der Waals surface area contributed by atoms with Crippen LogP contribution in [0.5, 0.6) is 11.5 Å². The number of benzene rings is 1. The third kappa shape index (κ3) is 2.68. The molecule has 1 aromatic carbocycles. The number of anilines is 1. The molecule has 6 heteroatoms. The summed E-state index contributed by atoms with van der Waals surface area (Å²) in [5.41, 5.74) is 0.787. The van der Waals surface area contributed by atoms with Gasteiger partial charge in [-0.05, 0) is 25.5 Å². The first-order chi connectivity index (χ1) is 9.02. The fraction of sp³-hybridized carbons (Fsp3) is 0.231. The highest BCUT2D eigenvalue weighted by Gasteiger charge is 2.17. The lowest BCUT2D eigenvalue weighted by Gasteiger charge is -2.05. The maximum absolute atomic E-state index is 12.0. The molecule has 0 aliphatic rings. The van der Waals surface area contributed by atoms with Crippen molar-refractivity contribution in [3.8, 4) is 11.5 Å². The van der Waals surface area contributed by atoms with Crippen LogP contribution in [0.3, 0.4) is 0 Å². The van der Waals surface area contributed by atoms with Crippen LogP contribution in [0.25, 0.3) is 0 Å². The monoisotopic (exact) mass is 278 g/mol. The zero-order valence-electron chi connectivity index (χ0n) is 10.6. The van der Waals surface area contributed by atoms with E-state index in [0.29, 0.717) is 5.13 Å². The lowest BCUT2D eigenvalue weighted by Crippen LogP contribution is -2.12. The molecular formula is C13H14N2O3S. The summed E-state index contributed by atoms with van der Waals surface area (Å²) in [4.78, 5) is 17.3. The number of thiazole rings is 1. The minimum Gasteiger partial charge on any atom is -0.507 e. The summed E-state index contributed by atoms with van der Waals surface area (Å²) in [6, 6.07) is 4.16. The fourth-order valence-electron chi connectivity index (χ4n) is 1.73. The molecule has 19 heavy (non-hydrogen) atoms. The molecule has 1 heterocycles. The van der Waals surface area contributed by atoms with Crippen LogP contribution in [-0.4, -0.2) is 21.1 Å². The Morgan fingerprint density at radius 3 is 2.53 bits per heavy atom. The van der Waals surface area contributed by atoms with E-state index in [0.717, 1.165) is 17.0 Å². The Balaban J connectivity index is 2.25. The van der Waals surface area contributed by atoms with E-state index in [4.69, 9.17) is 0 Å². The van der Waals surface area contributed by atoms with Gasteiger partial charge in [-0.15, -0.1) is 11.3 Å². The summed E-state index contributed by atoms with van der Waals surface area (Å²) in [7, 11) is 0. The first-order valence-electron chi connectivity index (χ1n) is 5.81. The molecule has 0 fully saturated rings. The number of aromatic hydroxyl groups is 2. The normalized spacial score (nSPS) is 10.4. The van der Waals surface area contributed by atoms with Crippen molar-refractivity contribution < 1.29 is 15.0 Å². The van der Waals surface area contributed by atoms with Gasteiger partial charge in [-0.25, -0.2) is 4.98 Å². The standard InChI is InChI=1S/C13H14N2O3S/c1-3-8-7(2)19-13(14-8)15-12(18)11-9(16)5-4-6-10(11)17/h4-6,16-17H,3H2,1-2H3,(H,14,15,18). The van der Waals surface area contributed by atoms with Crippen LogP contribution < -0.4 is 5.32 Å². The summed E-state index contributed by atoms with van der Waals surface area (Å²) < 4.78 is 0. The van der Waals surface area contributed by atoms with Gasteiger partial charge in [-0.2, -0.15) is 0 Å². The molecule has 1 amide bonds. The molecule has 0 saturated heterocycles. The van der Waals surface area contributed by atoms with Gasteiger partial charge >= 0.3 is 0 Å². The maximum atomic E-state index is 12.0. The Morgan fingerprint density at radius 2 is 2.00 bits per heavy atom. The average Bonchev–Trinajstić information content (AvgIpc) is 2.69. The van der Waals surface area contributed by atoms with Gasteiger partial charge in [-0.3, -0.25) is 10.1 Å². The minimum atomic E-state index is -0.577. The molecule has 2 rings (SSSR count). The van der Waals surface area contributed by atoms with E-state index in [9.17, 15) is 15.0 Å². The van der Waals surface area contributed by atoms with Gasteiger partial charge in [-0.1, -0.05) is 13.0 Å². The number of phenols is 2. The largest absolute Gasteiger partial charge is 0.507 e. The van der Waals surface area contributed by atoms with Crippen molar-refractivity contribution in [2.75, 3.05) is 5.32 Å². The van der Waals surface area contributed by atoms with Crippen LogP contribution in [0.4, 0.5) is 5.13 Å². The van der Waals surface area contributed by atoms with Crippen LogP contribution in [-0.2, 0) is 6.42 Å². The summed E-state index contributed by atoms with van der Waals surface area (Å²) in [6.45, 7) is 3.92. The summed E-state index contributed by atoms with van der Waals surface area (Å²) >= 11 is 1.37. The average molecular weight is 278 g/mol. The fourth-order valence-corrected chi connectivity index (χ4v) is 2.63. The number of carbonyl (C=O) groups excluding carboxylic acids is 1. The molecule has 0 bridgehead atoms. The molecule has 0 atom stereocenters. The number of rotatable bonds is 3. The first kappa shape index (κ1) is 13.4. The highest BCUT2D eigenvalue weighted by atomic mass is 32.1. The van der Waals surface area contributed by atoms with E-state index in [1.54, 1.807) is 0 Å². The molecule has 0 radical (unpaired) electrons. The van der Waals surface area contributed by atoms with Gasteiger partial charge in [0.05, 0.1) is 5.69 Å². The van der Waals surface area contributed by atoms with E-state index < -0.39 is 5.91 Å². The third-order valence-corrected chi connectivity index (χ3v) is 3.62. The number of phenolic OH excluding ortho intramolecular Hbond substituents is 2. The lowest BCUT2D eigenvalue weighted by atomic mass is 10.1. The molecule has 2 aromatic rings. The van der Waals surface area contributed by atoms with Gasteiger partial charge in [0.15, 0.2) is 5.13 Å². The van der Waals surface area contributed by atoms with Crippen molar-refractivity contribution >= 4 is 22.4 Å². The Hall–Kier alpha value is -2.08. The second-order valence-corrected chi connectivity index (χ2v) is 5.20. The highest BCUT2D eigenvalue weighted by Crippen LogP contribution is 2.28. The van der Waals surface area contributed by atoms with E-state index in [2.05, 4.69) is 10.3 Å². The third-order valence-electron chi connectivity index (χ3n) is 2.70. The van der Waals surface area contributed by atoms with E-state index in [1.165, 1.54) is 29.5 Å². The number of nitrogens with zero attached hydrogens (tertiary/aromatic N) is 1. The SMILES string of the molecule is CCc1nc(NC(=O)c2c(O)cccc2O)sc1C. The molecule has 3 N–H and O–H groups in total. The second-order valence-electron chi connectivity index (χ2n) is 4.00. The quantitative estimate of drug-likeness (QED) is 0.806. The van der Waals surface area contributed by atoms with Crippen molar-refractivity contribution in [1.82, 2.24) is 4.98 Å². The van der Waals surface area contributed by atoms with Crippen molar-refractivity contribution in [3.05, 3.63) is 34.3 Å². The Labute approximate surface area is 114 Å². The van der Waals surface area contributed by atoms with E-state index in [-0.39, 0.29) is 17.1 Å². The number of aromatic nitrogens is 1. The molecule has 0 aliphatic carbocycles. The topological polar surface area (TPSA) is 82.5 Å². The molecule has 1 aromatic heterocycles. The number of hydrogen-bond donors (Lipinski definition) is 3. The van der Waals surface area contributed by atoms with Crippen molar-refractivity contribution in [2.24, 2.45) is 0 Å². The smallest absolute Gasteiger partial charge is 0.264 e. The number of nitrogens with one attached hydrogen (secondary N) is 1. The Bertz CT molecular complexity index is 602. The maximum Gasteiger partial charge on any atom is 0.264 e. The van der Waals surface area contributed by atoms with Crippen LogP contribution in [0.2, 0.25) is 0 Å². The van der Waals surface area contributed by atoms with Crippen molar-refractivity contribution in [2.45, 2.75) is 20.3 Å². The zero-order chi connectivity index (χ0) is 14.0. The highest BCUT2D eigenvalue weighted by molar-refractivity contribution is 7.15. The molecule has 100 valence electrons. The second kappa shape index (κ2) is 5.27. The van der Waals surface area contributed by atoms with Crippen LogP contribution in [0.15, 0.2) is 18.2 Å². The number of carbonyl (C=O) groups is 1. The van der Waals surface area contributed by atoms with Crippen molar-refractivity contribution in [3.63, 3.8) is 0 Å². The predicted octanol–water partition coefficient (Wildman–Crippen LogP) is 2.68. The van der Waals surface area contributed by atoms with Gasteiger partial charge in [0.25, 0.3) is 5.91 Å². The molecule has 0 saturated carbocycles. The number of aryl methyl sites for hydroxylation is 2. The minimum absolute atomic E-state index is 0.145. The van der Waals surface area contributed by atoms with Crippen LogP contribution in [0.1, 0.15) is 27.9 Å². The summed E-state index contributed by atoms with van der Waals surface area (Å²) in [6.07, 6.45) is 0.792. The molecule has 0 spiro atoms. The number of amides is 1. The van der Waals surface area contributed by atoms with Crippen molar-refractivity contribution in [1.29, 1.82) is 0 Å². The Morgan fingerprint density at radius 1 is 1.37 bits per heavy atom. The van der Waals surface area contributed by atoms with Gasteiger partial charge in [0.2, 0.25) is 0 Å². The lowest BCUT2D eigenvalue weighted by molar-refractivity contribution is 0.102. The Kier molecular flexibility index (Phi) is 3.71. The summed E-state index contributed by atoms with van der Waals surface area (Å²) in [5, 5.41) is 22.3. The molecular weight excluding hydrogens is 264 g/mol. The number of hydrogen-bond acceptors (Lipinski definition) is 5. The van der Waals surface area contributed by atoms with Gasteiger partial charge in [0.1, 0.15) is 17.1 Å². The first-order valence-corrected chi connectivity index (χ1v) is 6.63. The van der Waals surface area contributed by atoms with Gasteiger partial charge < -0.3 is 10.2 Å². The summed E-state index contributed by atoms with van der Waals surface area (Å²) in [5.74, 6) is -1.10. The predicted molar refractivity (Wildman–Crippen MR) is 74.0 cm³/mol. The van der Waals surface area contributed by atoms with Crippen LogP contribution >= 0.6 is 11.3 Å². The zero-order valence-corrected chi connectivity index (χ0v) is 11.4.